The van der Waals surface area contributed by atoms with Gasteiger partial charge in [0.15, 0.2) is 0 Å². The lowest BCUT2D eigenvalue weighted by molar-refractivity contribution is -0.141. The third kappa shape index (κ3) is 4.92. The molecule has 1 unspecified atom stereocenters. The lowest BCUT2D eigenvalue weighted by Gasteiger charge is -2.33. The van der Waals surface area contributed by atoms with E-state index in [1.54, 1.807) is 4.90 Å². The Morgan fingerprint density at radius 3 is 2.83 bits per heavy atom. The molecule has 18 heavy (non-hydrogen) atoms. The molecule has 1 rings (SSSR count). The van der Waals surface area contributed by atoms with Gasteiger partial charge in [0.05, 0.1) is 19.3 Å². The second-order valence-corrected chi connectivity index (χ2v) is 5.45. The molecule has 3 N–H and O–H groups in total. The van der Waals surface area contributed by atoms with Gasteiger partial charge in [0.25, 0.3) is 0 Å². The first-order chi connectivity index (χ1) is 8.56. The van der Waals surface area contributed by atoms with E-state index in [-0.39, 0.29) is 24.5 Å². The van der Waals surface area contributed by atoms with Crippen LogP contribution in [0, 0.1) is 11.8 Å². The summed E-state index contributed by atoms with van der Waals surface area (Å²) in [6, 6.07) is 0. The maximum atomic E-state index is 12.1. The zero-order valence-corrected chi connectivity index (χ0v) is 11.5. The lowest BCUT2D eigenvalue weighted by Crippen LogP contribution is -2.47. The van der Waals surface area contributed by atoms with Gasteiger partial charge in [-0.25, -0.2) is 0 Å². The summed E-state index contributed by atoms with van der Waals surface area (Å²) in [5.41, 5.74) is 5.72. The average molecular weight is 258 g/mol. The number of nitrogens with zero attached hydrogens (tertiary/aromatic N) is 1. The van der Waals surface area contributed by atoms with Crippen molar-refractivity contribution in [1.29, 1.82) is 0 Å². The highest BCUT2D eigenvalue weighted by molar-refractivity contribution is 5.76. The number of carbonyl (C=O) groups is 1. The van der Waals surface area contributed by atoms with E-state index in [0.717, 1.165) is 6.42 Å². The van der Waals surface area contributed by atoms with Crippen LogP contribution in [0.4, 0.5) is 0 Å². The van der Waals surface area contributed by atoms with Crippen LogP contribution < -0.4 is 5.73 Å². The standard InChI is InChI=1S/C13H26N2O3/c1-10(2)5-11(7-14)6-13(17)15-3-4-18-12(8-15)9-16/h10-12,16H,3-9,14H2,1-2H3/t11-,12?/m0/s1. The molecule has 0 aromatic heterocycles. The van der Waals surface area contributed by atoms with Gasteiger partial charge in [0, 0.05) is 19.5 Å². The van der Waals surface area contributed by atoms with Gasteiger partial charge >= 0.3 is 0 Å². The number of rotatable bonds is 6. The molecule has 1 heterocycles. The number of hydrogen-bond donors (Lipinski definition) is 2. The first kappa shape index (κ1) is 15.4. The molecule has 0 aromatic carbocycles. The Hall–Kier alpha value is -0.650. The average Bonchev–Trinajstić information content (AvgIpc) is 2.37. The van der Waals surface area contributed by atoms with Gasteiger partial charge in [0.1, 0.15) is 0 Å². The molecule has 1 saturated heterocycles. The predicted molar refractivity (Wildman–Crippen MR) is 70.0 cm³/mol. The van der Waals surface area contributed by atoms with Gasteiger partial charge in [-0.3, -0.25) is 4.79 Å². The van der Waals surface area contributed by atoms with Crippen LogP contribution in [0.15, 0.2) is 0 Å². The third-order valence-corrected chi connectivity index (χ3v) is 3.30. The van der Waals surface area contributed by atoms with Crippen LogP contribution >= 0.6 is 0 Å². The SMILES string of the molecule is CC(C)C[C@H](CN)CC(=O)N1CCOC(CO)C1. The molecule has 5 nitrogen and oxygen atoms in total. The minimum Gasteiger partial charge on any atom is -0.394 e. The van der Waals surface area contributed by atoms with Crippen LogP contribution in [-0.2, 0) is 9.53 Å². The molecule has 0 radical (unpaired) electrons. The largest absolute Gasteiger partial charge is 0.394 e. The van der Waals surface area contributed by atoms with Crippen molar-refractivity contribution in [3.05, 3.63) is 0 Å². The molecule has 1 aliphatic heterocycles. The molecule has 0 aliphatic carbocycles. The number of morpholine rings is 1. The molecule has 0 saturated carbocycles. The number of aliphatic hydroxyl groups is 1. The lowest BCUT2D eigenvalue weighted by atomic mass is 9.93. The van der Waals surface area contributed by atoms with E-state index in [9.17, 15) is 4.79 Å². The van der Waals surface area contributed by atoms with Gasteiger partial charge < -0.3 is 20.5 Å². The summed E-state index contributed by atoms with van der Waals surface area (Å²) in [4.78, 5) is 13.9. The van der Waals surface area contributed by atoms with Crippen LogP contribution in [0.25, 0.3) is 0 Å². The van der Waals surface area contributed by atoms with Gasteiger partial charge in [-0.2, -0.15) is 0 Å². The molecular formula is C13H26N2O3. The summed E-state index contributed by atoms with van der Waals surface area (Å²) in [6.07, 6.45) is 1.26. The van der Waals surface area contributed by atoms with E-state index in [1.165, 1.54) is 0 Å². The number of hydrogen-bond acceptors (Lipinski definition) is 4. The molecular weight excluding hydrogens is 232 g/mol. The van der Waals surface area contributed by atoms with Crippen LogP contribution in [0.5, 0.6) is 0 Å². The van der Waals surface area contributed by atoms with Crippen molar-refractivity contribution < 1.29 is 14.6 Å². The smallest absolute Gasteiger partial charge is 0.223 e. The Labute approximate surface area is 109 Å². The van der Waals surface area contributed by atoms with E-state index in [2.05, 4.69) is 13.8 Å². The zero-order chi connectivity index (χ0) is 13.5. The third-order valence-electron chi connectivity index (χ3n) is 3.30. The quantitative estimate of drug-likeness (QED) is 0.714. The molecule has 5 heteroatoms. The first-order valence-corrected chi connectivity index (χ1v) is 6.77. The molecule has 1 amide bonds. The number of nitrogens with two attached hydrogens (primary N) is 1. The Balaban J connectivity index is 2.42. The van der Waals surface area contributed by atoms with Crippen LogP contribution in [-0.4, -0.2) is 54.9 Å². The van der Waals surface area contributed by atoms with Crippen LogP contribution in [0.1, 0.15) is 26.7 Å². The molecule has 2 atom stereocenters. The van der Waals surface area contributed by atoms with Gasteiger partial charge in [-0.1, -0.05) is 13.8 Å². The van der Waals surface area contributed by atoms with Crippen molar-refractivity contribution in [3.8, 4) is 0 Å². The van der Waals surface area contributed by atoms with E-state index in [1.807, 2.05) is 0 Å². The Kier molecular flexibility index (Phi) is 6.60. The summed E-state index contributed by atoms with van der Waals surface area (Å²) in [7, 11) is 0. The minimum atomic E-state index is -0.232. The summed E-state index contributed by atoms with van der Waals surface area (Å²) in [5, 5.41) is 9.05. The van der Waals surface area contributed by atoms with E-state index in [0.29, 0.717) is 38.6 Å². The Bertz CT molecular complexity index is 259. The summed E-state index contributed by atoms with van der Waals surface area (Å²) < 4.78 is 5.33. The zero-order valence-electron chi connectivity index (χ0n) is 11.5. The van der Waals surface area contributed by atoms with Crippen molar-refractivity contribution in [2.75, 3.05) is 32.8 Å². The molecule has 0 spiro atoms. The second kappa shape index (κ2) is 7.71. The molecule has 106 valence electrons. The van der Waals surface area contributed by atoms with Crippen molar-refractivity contribution in [1.82, 2.24) is 4.90 Å². The minimum absolute atomic E-state index is 0.0317. The normalized spacial score (nSPS) is 22.3. The highest BCUT2D eigenvalue weighted by Gasteiger charge is 2.25. The van der Waals surface area contributed by atoms with Crippen molar-refractivity contribution >= 4 is 5.91 Å². The summed E-state index contributed by atoms with van der Waals surface area (Å²) >= 11 is 0. The molecule has 0 aromatic rings. The topological polar surface area (TPSA) is 75.8 Å². The van der Waals surface area contributed by atoms with Crippen molar-refractivity contribution in [2.24, 2.45) is 17.6 Å². The van der Waals surface area contributed by atoms with Gasteiger partial charge in [-0.05, 0) is 24.8 Å². The Morgan fingerprint density at radius 2 is 2.28 bits per heavy atom. The highest BCUT2D eigenvalue weighted by Crippen LogP contribution is 2.16. The molecule has 1 fully saturated rings. The van der Waals surface area contributed by atoms with Crippen molar-refractivity contribution in [2.45, 2.75) is 32.8 Å². The van der Waals surface area contributed by atoms with Crippen LogP contribution in [0.2, 0.25) is 0 Å². The van der Waals surface area contributed by atoms with E-state index >= 15 is 0 Å². The molecule has 1 aliphatic rings. The maximum Gasteiger partial charge on any atom is 0.223 e. The second-order valence-electron chi connectivity index (χ2n) is 5.45. The summed E-state index contributed by atoms with van der Waals surface area (Å²) in [6.45, 7) is 6.43. The van der Waals surface area contributed by atoms with E-state index in [4.69, 9.17) is 15.6 Å². The fraction of sp³-hybridized carbons (Fsp3) is 0.923. The highest BCUT2D eigenvalue weighted by atomic mass is 16.5. The molecule has 0 bridgehead atoms. The number of amides is 1. The Morgan fingerprint density at radius 1 is 1.56 bits per heavy atom. The number of aliphatic hydroxyl groups excluding tert-OH is 1. The van der Waals surface area contributed by atoms with Gasteiger partial charge in [0.2, 0.25) is 5.91 Å². The van der Waals surface area contributed by atoms with E-state index < -0.39 is 0 Å². The first-order valence-electron chi connectivity index (χ1n) is 6.77. The number of ether oxygens (including phenoxy) is 1. The monoisotopic (exact) mass is 258 g/mol. The number of carbonyl (C=O) groups excluding carboxylic acids is 1. The fourth-order valence-electron chi connectivity index (χ4n) is 2.36. The predicted octanol–water partition coefficient (Wildman–Crippen LogP) is 0.217. The van der Waals surface area contributed by atoms with Crippen molar-refractivity contribution in [3.63, 3.8) is 0 Å². The van der Waals surface area contributed by atoms with Gasteiger partial charge in [-0.15, -0.1) is 0 Å². The van der Waals surface area contributed by atoms with Crippen LogP contribution in [0.3, 0.4) is 0 Å². The summed E-state index contributed by atoms with van der Waals surface area (Å²) in [5.74, 6) is 0.946. The fourth-order valence-corrected chi connectivity index (χ4v) is 2.36. The maximum absolute atomic E-state index is 12.1.